The van der Waals surface area contributed by atoms with Crippen molar-refractivity contribution in [2.24, 2.45) is 0 Å². The van der Waals surface area contributed by atoms with Gasteiger partial charge in [-0.05, 0) is 57.4 Å². The molecule has 0 aliphatic heterocycles. The fourth-order valence-corrected chi connectivity index (χ4v) is 3.01. The normalized spacial score (nSPS) is 10.5. The van der Waals surface area contributed by atoms with Gasteiger partial charge in [0.05, 0.1) is 0 Å². The van der Waals surface area contributed by atoms with E-state index in [0.29, 0.717) is 0 Å². The highest BCUT2D eigenvalue weighted by Gasteiger charge is 1.99. The molecule has 0 fully saturated rings. The molecule has 0 aromatic carbocycles. The van der Waals surface area contributed by atoms with Crippen molar-refractivity contribution in [3.8, 4) is 0 Å². The van der Waals surface area contributed by atoms with Gasteiger partial charge in [-0.2, -0.15) is 0 Å². The van der Waals surface area contributed by atoms with Crippen LogP contribution in [-0.4, -0.2) is 9.55 Å². The molecule has 2 nitrogen and oxygen atoms in total. The first-order valence-electron chi connectivity index (χ1n) is 9.94. The number of nitrogens with one attached hydrogen (secondary N) is 1. The SMILES string of the molecule is CCCCCCc1ccc[nH]1.CCCCCCn1c(C)ccc1C. The summed E-state index contributed by atoms with van der Waals surface area (Å²) in [6.07, 6.45) is 14.0. The second-order valence-corrected chi connectivity index (χ2v) is 6.83. The van der Waals surface area contributed by atoms with Crippen molar-refractivity contribution in [2.45, 2.75) is 92.0 Å². The van der Waals surface area contributed by atoms with Gasteiger partial charge >= 0.3 is 0 Å². The van der Waals surface area contributed by atoms with E-state index in [1.54, 1.807) is 0 Å². The first-order valence-corrected chi connectivity index (χ1v) is 9.94. The number of unbranched alkanes of at least 4 members (excludes halogenated alkanes) is 6. The van der Waals surface area contributed by atoms with Crippen molar-refractivity contribution >= 4 is 0 Å². The van der Waals surface area contributed by atoms with Crippen molar-refractivity contribution in [1.82, 2.24) is 9.55 Å². The topological polar surface area (TPSA) is 20.7 Å². The van der Waals surface area contributed by atoms with Crippen LogP contribution in [0.25, 0.3) is 0 Å². The number of aromatic amines is 1. The van der Waals surface area contributed by atoms with Gasteiger partial charge in [0.2, 0.25) is 0 Å². The van der Waals surface area contributed by atoms with E-state index >= 15 is 0 Å². The highest BCUT2D eigenvalue weighted by atomic mass is 15.0. The Balaban J connectivity index is 0.000000243. The average molecular weight is 331 g/mol. The minimum atomic E-state index is 1.20. The summed E-state index contributed by atoms with van der Waals surface area (Å²) in [5.41, 5.74) is 4.17. The summed E-state index contributed by atoms with van der Waals surface area (Å²) in [5.74, 6) is 0. The summed E-state index contributed by atoms with van der Waals surface area (Å²) < 4.78 is 2.41. The van der Waals surface area contributed by atoms with E-state index in [2.05, 4.69) is 61.5 Å². The lowest BCUT2D eigenvalue weighted by molar-refractivity contribution is 0.568. The molecule has 24 heavy (non-hydrogen) atoms. The molecule has 0 spiro atoms. The van der Waals surface area contributed by atoms with Crippen molar-refractivity contribution in [2.75, 3.05) is 0 Å². The minimum absolute atomic E-state index is 1.20. The lowest BCUT2D eigenvalue weighted by Crippen LogP contribution is -2.01. The quantitative estimate of drug-likeness (QED) is 0.461. The molecule has 0 radical (unpaired) electrons. The van der Waals surface area contributed by atoms with E-state index in [1.807, 2.05) is 6.20 Å². The first-order chi connectivity index (χ1) is 11.7. The second kappa shape index (κ2) is 12.9. The Bertz CT molecular complexity index is 489. The summed E-state index contributed by atoms with van der Waals surface area (Å²) >= 11 is 0. The number of nitrogens with zero attached hydrogens (tertiary/aromatic N) is 1. The van der Waals surface area contributed by atoms with Crippen molar-refractivity contribution < 1.29 is 0 Å². The highest BCUT2D eigenvalue weighted by molar-refractivity contribution is 5.13. The Labute approximate surface area is 149 Å². The molecule has 2 heteroatoms. The molecule has 2 rings (SSSR count). The Morgan fingerprint density at radius 1 is 0.792 bits per heavy atom. The zero-order chi connectivity index (χ0) is 17.6. The summed E-state index contributed by atoms with van der Waals surface area (Å²) in [7, 11) is 0. The maximum absolute atomic E-state index is 3.21. The molecule has 2 aromatic heterocycles. The minimum Gasteiger partial charge on any atom is -0.365 e. The maximum Gasteiger partial charge on any atom is 0.0224 e. The largest absolute Gasteiger partial charge is 0.365 e. The summed E-state index contributed by atoms with van der Waals surface area (Å²) in [4.78, 5) is 3.21. The molecule has 0 amide bonds. The summed E-state index contributed by atoms with van der Waals surface area (Å²) in [6.45, 7) is 10.1. The molecule has 0 saturated heterocycles. The van der Waals surface area contributed by atoms with Crippen molar-refractivity contribution in [1.29, 1.82) is 0 Å². The smallest absolute Gasteiger partial charge is 0.0224 e. The van der Waals surface area contributed by atoms with Crippen LogP contribution in [0, 0.1) is 13.8 Å². The Hall–Kier alpha value is -1.44. The predicted molar refractivity (Wildman–Crippen MR) is 107 cm³/mol. The molecule has 0 aliphatic rings. The third-order valence-electron chi connectivity index (χ3n) is 4.61. The van der Waals surface area contributed by atoms with E-state index in [0.717, 1.165) is 0 Å². The summed E-state index contributed by atoms with van der Waals surface area (Å²) in [5, 5.41) is 0. The number of hydrogen-bond acceptors (Lipinski definition) is 0. The zero-order valence-electron chi connectivity index (χ0n) is 16.4. The van der Waals surface area contributed by atoms with Crippen LogP contribution in [0.3, 0.4) is 0 Å². The molecule has 2 aromatic rings. The fraction of sp³-hybridized carbons (Fsp3) is 0.636. The van der Waals surface area contributed by atoms with Gasteiger partial charge in [0.1, 0.15) is 0 Å². The van der Waals surface area contributed by atoms with Crippen LogP contribution in [-0.2, 0) is 13.0 Å². The fourth-order valence-electron chi connectivity index (χ4n) is 3.01. The average Bonchev–Trinajstić information content (AvgIpc) is 3.20. The van der Waals surface area contributed by atoms with Gasteiger partial charge in [0.25, 0.3) is 0 Å². The Morgan fingerprint density at radius 3 is 1.96 bits per heavy atom. The second-order valence-electron chi connectivity index (χ2n) is 6.83. The molecule has 0 bridgehead atoms. The van der Waals surface area contributed by atoms with Gasteiger partial charge in [-0.1, -0.05) is 52.4 Å². The van der Waals surface area contributed by atoms with Crippen LogP contribution >= 0.6 is 0 Å². The van der Waals surface area contributed by atoms with Gasteiger partial charge < -0.3 is 9.55 Å². The van der Waals surface area contributed by atoms with E-state index in [9.17, 15) is 0 Å². The van der Waals surface area contributed by atoms with Crippen LogP contribution < -0.4 is 0 Å². The molecule has 0 unspecified atom stereocenters. The van der Waals surface area contributed by atoms with Crippen LogP contribution in [0.5, 0.6) is 0 Å². The van der Waals surface area contributed by atoms with Crippen LogP contribution in [0.2, 0.25) is 0 Å². The number of hydrogen-bond donors (Lipinski definition) is 1. The molecule has 0 saturated carbocycles. The third kappa shape index (κ3) is 8.42. The maximum atomic E-state index is 3.21. The van der Waals surface area contributed by atoms with E-state index < -0.39 is 0 Å². The van der Waals surface area contributed by atoms with Crippen LogP contribution in [0.1, 0.15) is 82.3 Å². The monoisotopic (exact) mass is 330 g/mol. The highest BCUT2D eigenvalue weighted by Crippen LogP contribution is 2.10. The predicted octanol–water partition coefficient (Wildman–Crippen LogP) is 6.82. The van der Waals surface area contributed by atoms with Crippen molar-refractivity contribution in [3.63, 3.8) is 0 Å². The van der Waals surface area contributed by atoms with Crippen molar-refractivity contribution in [3.05, 3.63) is 47.5 Å². The van der Waals surface area contributed by atoms with Gasteiger partial charge in [0, 0.05) is 29.8 Å². The number of aryl methyl sites for hydroxylation is 3. The van der Waals surface area contributed by atoms with E-state index in [4.69, 9.17) is 0 Å². The third-order valence-corrected chi connectivity index (χ3v) is 4.61. The van der Waals surface area contributed by atoms with Gasteiger partial charge in [-0.3, -0.25) is 0 Å². The van der Waals surface area contributed by atoms with E-state index in [-0.39, 0.29) is 0 Å². The molecule has 136 valence electrons. The number of H-pyrrole nitrogens is 1. The first kappa shape index (κ1) is 20.6. The summed E-state index contributed by atoms with van der Waals surface area (Å²) in [6, 6.07) is 8.63. The number of rotatable bonds is 10. The molecular formula is C22H38N2. The number of aromatic nitrogens is 2. The standard InChI is InChI=1S/C12H21N.C10H17N/c1-4-5-6-7-10-13-11(2)8-9-12(13)3;1-2-3-4-5-7-10-8-6-9-11-10/h8-9H,4-7,10H2,1-3H3;6,8-9,11H,2-5,7H2,1H3. The molecule has 1 N–H and O–H groups in total. The molecule has 0 atom stereocenters. The molecule has 0 aliphatic carbocycles. The Kier molecular flexibility index (Phi) is 11.1. The zero-order valence-corrected chi connectivity index (χ0v) is 16.4. The van der Waals surface area contributed by atoms with Crippen LogP contribution in [0.15, 0.2) is 30.5 Å². The lowest BCUT2D eigenvalue weighted by atomic mass is 10.1. The lowest BCUT2D eigenvalue weighted by Gasteiger charge is -2.08. The van der Waals surface area contributed by atoms with Gasteiger partial charge in [-0.15, -0.1) is 0 Å². The molecule has 2 heterocycles. The van der Waals surface area contributed by atoms with E-state index in [1.165, 1.54) is 81.4 Å². The van der Waals surface area contributed by atoms with Gasteiger partial charge in [0.15, 0.2) is 0 Å². The van der Waals surface area contributed by atoms with Gasteiger partial charge in [-0.25, -0.2) is 0 Å². The van der Waals surface area contributed by atoms with Crippen LogP contribution in [0.4, 0.5) is 0 Å². The molecular weight excluding hydrogens is 292 g/mol. The Morgan fingerprint density at radius 2 is 1.42 bits per heavy atom.